The van der Waals surface area contributed by atoms with Crippen molar-refractivity contribution < 1.29 is 14.3 Å². The van der Waals surface area contributed by atoms with Gasteiger partial charge < -0.3 is 9.47 Å². The number of rotatable bonds is 2. The molecule has 0 radical (unpaired) electrons. The van der Waals surface area contributed by atoms with Crippen molar-refractivity contribution in [1.82, 2.24) is 0 Å². The summed E-state index contributed by atoms with van der Waals surface area (Å²) in [4.78, 5) is 10.7. The van der Waals surface area contributed by atoms with E-state index in [1.165, 1.54) is 0 Å². The maximum Gasteiger partial charge on any atom is 0.318 e. The zero-order valence-electron chi connectivity index (χ0n) is 6.03. The molecule has 0 fully saturated rings. The van der Waals surface area contributed by atoms with Crippen LogP contribution in [0.1, 0.15) is 12.8 Å². The second-order valence-corrected chi connectivity index (χ2v) is 2.48. The number of ether oxygens (including phenoxy) is 2. The van der Waals surface area contributed by atoms with Crippen LogP contribution < -0.4 is 0 Å². The second-order valence-electron chi connectivity index (χ2n) is 2.16. The Hall–Kier alpha value is -0.640. The third-order valence-corrected chi connectivity index (χ3v) is 1.55. The van der Waals surface area contributed by atoms with Gasteiger partial charge >= 0.3 is 5.97 Å². The number of carbonyl (C=O) groups excluding carboxylic acids is 1. The van der Waals surface area contributed by atoms with Crippen LogP contribution in [0.3, 0.4) is 0 Å². The third-order valence-electron chi connectivity index (χ3n) is 1.29. The summed E-state index contributed by atoms with van der Waals surface area (Å²) in [5, 5.41) is 0. The molecule has 1 aliphatic rings. The molecular weight excluding hydrogens is 164 g/mol. The molecule has 1 heterocycles. The standard InChI is InChI=1S/C7H10O3S/c8-6(5-11)10-7-3-1-2-4-9-7/h2,4,7,11H,1,3,5H2. The highest BCUT2D eigenvalue weighted by Gasteiger charge is 2.14. The Labute approximate surface area is 70.8 Å². The van der Waals surface area contributed by atoms with Gasteiger partial charge in [0.1, 0.15) is 0 Å². The van der Waals surface area contributed by atoms with Gasteiger partial charge in [0.05, 0.1) is 12.0 Å². The Balaban J connectivity index is 2.26. The van der Waals surface area contributed by atoms with Gasteiger partial charge in [-0.25, -0.2) is 0 Å². The molecule has 0 saturated carbocycles. The van der Waals surface area contributed by atoms with Gasteiger partial charge in [0.15, 0.2) is 0 Å². The van der Waals surface area contributed by atoms with Crippen LogP contribution in [0.5, 0.6) is 0 Å². The zero-order valence-corrected chi connectivity index (χ0v) is 6.92. The quantitative estimate of drug-likeness (QED) is 0.503. The molecule has 1 rings (SSSR count). The molecule has 0 amide bonds. The fraction of sp³-hybridized carbons (Fsp3) is 0.571. The fourth-order valence-corrected chi connectivity index (χ4v) is 0.857. The third kappa shape index (κ3) is 2.84. The molecule has 1 atom stereocenters. The maximum atomic E-state index is 10.7. The van der Waals surface area contributed by atoms with Crippen LogP contribution in [0, 0.1) is 0 Å². The van der Waals surface area contributed by atoms with Crippen molar-refractivity contribution in [2.45, 2.75) is 19.1 Å². The lowest BCUT2D eigenvalue weighted by atomic mass is 10.3. The summed E-state index contributed by atoms with van der Waals surface area (Å²) in [6.07, 6.45) is 4.67. The number of thiol groups is 1. The van der Waals surface area contributed by atoms with Crippen molar-refractivity contribution in [2.24, 2.45) is 0 Å². The lowest BCUT2D eigenvalue weighted by molar-refractivity contribution is -0.167. The van der Waals surface area contributed by atoms with Crippen LogP contribution in [0.4, 0.5) is 0 Å². The van der Waals surface area contributed by atoms with Gasteiger partial charge in [0, 0.05) is 6.42 Å². The van der Waals surface area contributed by atoms with Crippen LogP contribution in [-0.2, 0) is 14.3 Å². The summed E-state index contributed by atoms with van der Waals surface area (Å²) < 4.78 is 9.84. The van der Waals surface area contributed by atoms with E-state index < -0.39 is 6.29 Å². The Morgan fingerprint density at radius 3 is 3.18 bits per heavy atom. The molecule has 0 spiro atoms. The summed E-state index contributed by atoms with van der Waals surface area (Å²) >= 11 is 3.77. The number of esters is 1. The van der Waals surface area contributed by atoms with Gasteiger partial charge in [-0.2, -0.15) is 12.6 Å². The number of hydrogen-bond acceptors (Lipinski definition) is 4. The van der Waals surface area contributed by atoms with Crippen molar-refractivity contribution in [3.63, 3.8) is 0 Å². The predicted octanol–water partition coefficient (Wildman–Crippen LogP) is 1.11. The monoisotopic (exact) mass is 174 g/mol. The molecule has 11 heavy (non-hydrogen) atoms. The predicted molar refractivity (Wildman–Crippen MR) is 43.2 cm³/mol. The lowest BCUT2D eigenvalue weighted by Gasteiger charge is -2.18. The molecule has 3 nitrogen and oxygen atoms in total. The molecule has 0 N–H and O–H groups in total. The topological polar surface area (TPSA) is 35.5 Å². The summed E-state index contributed by atoms with van der Waals surface area (Å²) in [7, 11) is 0. The molecule has 0 aromatic heterocycles. The normalized spacial score (nSPS) is 22.5. The Morgan fingerprint density at radius 1 is 1.82 bits per heavy atom. The first-order chi connectivity index (χ1) is 5.33. The first kappa shape index (κ1) is 8.46. The van der Waals surface area contributed by atoms with E-state index in [1.54, 1.807) is 6.26 Å². The SMILES string of the molecule is O=C(CS)OC1CCC=CO1. The lowest BCUT2D eigenvalue weighted by Crippen LogP contribution is -2.21. The Bertz CT molecular complexity index is 167. The molecule has 0 aromatic rings. The first-order valence-electron chi connectivity index (χ1n) is 3.43. The van der Waals surface area contributed by atoms with Crippen molar-refractivity contribution in [3.05, 3.63) is 12.3 Å². The maximum absolute atomic E-state index is 10.7. The van der Waals surface area contributed by atoms with E-state index in [4.69, 9.17) is 9.47 Å². The number of allylic oxidation sites excluding steroid dienone is 1. The minimum atomic E-state index is -0.403. The minimum absolute atomic E-state index is 0.101. The van der Waals surface area contributed by atoms with Crippen molar-refractivity contribution in [2.75, 3.05) is 5.75 Å². The van der Waals surface area contributed by atoms with E-state index in [1.807, 2.05) is 6.08 Å². The molecule has 1 unspecified atom stereocenters. The van der Waals surface area contributed by atoms with Crippen LogP contribution in [0.2, 0.25) is 0 Å². The van der Waals surface area contributed by atoms with Crippen molar-refractivity contribution >= 4 is 18.6 Å². The van der Waals surface area contributed by atoms with E-state index in [2.05, 4.69) is 12.6 Å². The van der Waals surface area contributed by atoms with Gasteiger partial charge in [0.2, 0.25) is 6.29 Å². The van der Waals surface area contributed by atoms with E-state index in [0.29, 0.717) is 0 Å². The molecule has 1 aliphatic heterocycles. The molecule has 0 aliphatic carbocycles. The van der Waals surface area contributed by atoms with Gasteiger partial charge in [-0.05, 0) is 12.5 Å². The van der Waals surface area contributed by atoms with Crippen LogP contribution in [0.15, 0.2) is 12.3 Å². The van der Waals surface area contributed by atoms with Gasteiger partial charge in [-0.3, -0.25) is 4.79 Å². The van der Waals surface area contributed by atoms with Crippen LogP contribution in [-0.4, -0.2) is 18.0 Å². The van der Waals surface area contributed by atoms with Crippen molar-refractivity contribution in [1.29, 1.82) is 0 Å². The van der Waals surface area contributed by atoms with E-state index >= 15 is 0 Å². The second kappa shape index (κ2) is 4.28. The highest BCUT2D eigenvalue weighted by molar-refractivity contribution is 7.81. The minimum Gasteiger partial charge on any atom is -0.463 e. The molecule has 0 aromatic carbocycles. The zero-order chi connectivity index (χ0) is 8.10. The smallest absolute Gasteiger partial charge is 0.318 e. The average Bonchev–Trinajstić information content (AvgIpc) is 2.06. The van der Waals surface area contributed by atoms with E-state index in [9.17, 15) is 4.79 Å². The summed E-state index contributed by atoms with van der Waals surface area (Å²) in [6.45, 7) is 0. The van der Waals surface area contributed by atoms with Crippen molar-refractivity contribution in [3.8, 4) is 0 Å². The summed E-state index contributed by atoms with van der Waals surface area (Å²) in [6, 6.07) is 0. The van der Waals surface area contributed by atoms with Crippen LogP contribution in [0.25, 0.3) is 0 Å². The highest BCUT2D eigenvalue weighted by atomic mass is 32.1. The Kier molecular flexibility index (Phi) is 3.29. The van der Waals surface area contributed by atoms with Gasteiger partial charge in [-0.15, -0.1) is 0 Å². The number of hydrogen-bond donors (Lipinski definition) is 1. The van der Waals surface area contributed by atoms with Gasteiger partial charge in [-0.1, -0.05) is 0 Å². The Morgan fingerprint density at radius 2 is 2.64 bits per heavy atom. The first-order valence-corrected chi connectivity index (χ1v) is 4.07. The average molecular weight is 174 g/mol. The van der Waals surface area contributed by atoms with E-state index in [-0.39, 0.29) is 11.7 Å². The summed E-state index contributed by atoms with van der Waals surface area (Å²) in [5.41, 5.74) is 0. The highest BCUT2D eigenvalue weighted by Crippen LogP contribution is 2.11. The molecular formula is C7H10O3S. The molecule has 0 bridgehead atoms. The molecule has 0 saturated heterocycles. The summed E-state index contributed by atoms with van der Waals surface area (Å²) in [5.74, 6) is -0.238. The fourth-order valence-electron chi connectivity index (χ4n) is 0.782. The van der Waals surface area contributed by atoms with Gasteiger partial charge in [0.25, 0.3) is 0 Å². The van der Waals surface area contributed by atoms with Crippen LogP contribution >= 0.6 is 12.6 Å². The largest absolute Gasteiger partial charge is 0.463 e. The number of carbonyl (C=O) groups is 1. The molecule has 62 valence electrons. The van der Waals surface area contributed by atoms with E-state index in [0.717, 1.165) is 12.8 Å². The molecule has 4 heteroatoms.